The fourth-order valence-corrected chi connectivity index (χ4v) is 4.26. The van der Waals surface area contributed by atoms with E-state index < -0.39 is 5.60 Å². The van der Waals surface area contributed by atoms with Crippen molar-refractivity contribution in [3.8, 4) is 11.5 Å². The maximum absolute atomic E-state index is 13.5. The van der Waals surface area contributed by atoms with Gasteiger partial charge >= 0.3 is 0 Å². The van der Waals surface area contributed by atoms with Gasteiger partial charge in [0.2, 0.25) is 0 Å². The molecule has 1 unspecified atom stereocenters. The third kappa shape index (κ3) is 3.90. The number of amides is 1. The number of rotatable bonds is 5. The molecule has 0 saturated carbocycles. The summed E-state index contributed by atoms with van der Waals surface area (Å²) < 4.78 is 12.5. The van der Waals surface area contributed by atoms with Crippen LogP contribution >= 0.6 is 0 Å². The number of carbonyl (C=O) groups is 1. The minimum Gasteiger partial charge on any atom is -0.493 e. The molecule has 0 N–H and O–H groups in total. The number of carbonyl (C=O) groups excluding carboxylic acids is 1. The summed E-state index contributed by atoms with van der Waals surface area (Å²) in [5.74, 6) is 2.37. The van der Waals surface area contributed by atoms with Crippen LogP contribution in [0.2, 0.25) is 0 Å². The Labute approximate surface area is 180 Å². The Morgan fingerprint density at radius 3 is 2.50 bits per heavy atom. The van der Waals surface area contributed by atoms with Crippen LogP contribution in [0.5, 0.6) is 11.5 Å². The minimum atomic E-state index is -0.934. The number of hydrogen-bond donors (Lipinski definition) is 0. The second-order valence-corrected chi connectivity index (χ2v) is 8.70. The third-order valence-electron chi connectivity index (χ3n) is 6.13. The van der Waals surface area contributed by atoms with Crippen LogP contribution in [0.25, 0.3) is 0 Å². The molecule has 1 amide bonds. The molecule has 0 fully saturated rings. The highest BCUT2D eigenvalue weighted by molar-refractivity contribution is 5.98. The number of aromatic nitrogens is 1. The molecule has 1 aliphatic rings. The Hall–Kier alpha value is -2.56. The largest absolute Gasteiger partial charge is 0.493 e. The summed E-state index contributed by atoms with van der Waals surface area (Å²) in [7, 11) is 1.78. The number of nitrogens with zero attached hydrogens (tertiary/aromatic N) is 2. The van der Waals surface area contributed by atoms with E-state index in [9.17, 15) is 4.79 Å². The number of likely N-dealkylation sites (N-methyl/N-ethyl adjacent to an activating group) is 1. The zero-order valence-electron chi connectivity index (χ0n) is 19.6. The Balaban J connectivity index is 1.95. The van der Waals surface area contributed by atoms with E-state index in [0.717, 1.165) is 57.9 Å². The van der Waals surface area contributed by atoms with Crippen LogP contribution in [-0.4, -0.2) is 30.1 Å². The fraction of sp³-hybridized carbons (Fsp3) is 0.520. The number of benzene rings is 1. The van der Waals surface area contributed by atoms with Crippen LogP contribution < -0.4 is 14.4 Å². The van der Waals surface area contributed by atoms with Crippen molar-refractivity contribution >= 4 is 11.7 Å². The smallest absolute Gasteiger partial charge is 0.271 e. The quantitative estimate of drug-likeness (QED) is 0.683. The molecule has 1 aliphatic heterocycles. The van der Waals surface area contributed by atoms with Gasteiger partial charge < -0.3 is 9.47 Å². The molecule has 162 valence electrons. The van der Waals surface area contributed by atoms with E-state index in [4.69, 9.17) is 9.47 Å². The average Bonchev–Trinajstić information content (AvgIpc) is 2.70. The van der Waals surface area contributed by atoms with E-state index in [1.165, 1.54) is 0 Å². The predicted molar refractivity (Wildman–Crippen MR) is 121 cm³/mol. The van der Waals surface area contributed by atoms with Gasteiger partial charge in [-0.3, -0.25) is 9.69 Å². The van der Waals surface area contributed by atoms with Gasteiger partial charge in [-0.15, -0.1) is 0 Å². The van der Waals surface area contributed by atoms with Crippen LogP contribution in [0, 0.1) is 34.6 Å². The molecule has 2 heterocycles. The molecule has 1 aromatic heterocycles. The Morgan fingerprint density at radius 1 is 1.17 bits per heavy atom. The summed E-state index contributed by atoms with van der Waals surface area (Å²) >= 11 is 0. The highest BCUT2D eigenvalue weighted by Crippen LogP contribution is 2.44. The van der Waals surface area contributed by atoms with E-state index in [1.807, 2.05) is 32.9 Å². The van der Waals surface area contributed by atoms with Gasteiger partial charge in [-0.1, -0.05) is 6.92 Å². The Kier molecular flexibility index (Phi) is 6.11. The predicted octanol–water partition coefficient (Wildman–Crippen LogP) is 5.16. The molecule has 3 rings (SSSR count). The highest BCUT2D eigenvalue weighted by atomic mass is 16.5. The van der Waals surface area contributed by atoms with Crippen molar-refractivity contribution in [2.75, 3.05) is 18.6 Å². The molecule has 0 bridgehead atoms. The van der Waals surface area contributed by atoms with Crippen molar-refractivity contribution in [3.05, 3.63) is 45.6 Å². The summed E-state index contributed by atoms with van der Waals surface area (Å²) in [4.78, 5) is 19.6. The highest BCUT2D eigenvalue weighted by Gasteiger charge is 2.43. The first kappa shape index (κ1) is 22.1. The van der Waals surface area contributed by atoms with Gasteiger partial charge in [-0.2, -0.15) is 0 Å². The lowest BCUT2D eigenvalue weighted by Crippen LogP contribution is -2.52. The first-order chi connectivity index (χ1) is 14.1. The molecule has 0 aliphatic carbocycles. The molecule has 0 radical (unpaired) electrons. The monoisotopic (exact) mass is 410 g/mol. The molecule has 0 spiro atoms. The molecule has 5 nitrogen and oxygen atoms in total. The van der Waals surface area contributed by atoms with Gasteiger partial charge in [0.15, 0.2) is 5.60 Å². The summed E-state index contributed by atoms with van der Waals surface area (Å²) in [6.07, 6.45) is 2.36. The second kappa shape index (κ2) is 8.29. The van der Waals surface area contributed by atoms with Gasteiger partial charge in [0.05, 0.1) is 6.61 Å². The first-order valence-corrected chi connectivity index (χ1v) is 10.8. The zero-order chi connectivity index (χ0) is 22.2. The summed E-state index contributed by atoms with van der Waals surface area (Å²) in [5, 5.41) is 0. The Morgan fingerprint density at radius 2 is 1.87 bits per heavy atom. The molecule has 1 atom stereocenters. The molecule has 30 heavy (non-hydrogen) atoms. The van der Waals surface area contributed by atoms with Crippen molar-refractivity contribution in [2.45, 2.75) is 73.3 Å². The van der Waals surface area contributed by atoms with Gasteiger partial charge in [-0.05, 0) is 88.8 Å². The number of ether oxygens (including phenoxy) is 2. The van der Waals surface area contributed by atoms with Crippen LogP contribution in [0.15, 0.2) is 12.1 Å². The van der Waals surface area contributed by atoms with Crippen molar-refractivity contribution in [1.82, 2.24) is 4.98 Å². The molecular weight excluding hydrogens is 376 g/mol. The maximum Gasteiger partial charge on any atom is 0.271 e. The SMILES string of the molecule is CCCOc1c(C)c(C)c2c(c1C)CCC(C)(C(=O)N(C)c1cc(C)cc(C)n1)O2. The standard InChI is InChI=1S/C25H34N2O3/c1-9-12-29-22-17(4)18(5)23-20(19(22)6)10-11-25(7,30-23)24(28)27(8)21-14-15(2)13-16(3)26-21/h13-14H,9-12H2,1-8H3. The first-order valence-electron chi connectivity index (χ1n) is 10.8. The van der Waals surface area contributed by atoms with Gasteiger partial charge in [0.25, 0.3) is 5.91 Å². The van der Waals surface area contributed by atoms with Gasteiger partial charge in [-0.25, -0.2) is 4.98 Å². The third-order valence-corrected chi connectivity index (χ3v) is 6.13. The van der Waals surface area contributed by atoms with Crippen LogP contribution in [0.1, 0.15) is 60.2 Å². The van der Waals surface area contributed by atoms with Crippen LogP contribution in [0.4, 0.5) is 5.82 Å². The molecule has 5 heteroatoms. The fourth-order valence-electron chi connectivity index (χ4n) is 4.26. The lowest BCUT2D eigenvalue weighted by Gasteiger charge is -2.38. The number of hydrogen-bond acceptors (Lipinski definition) is 4. The lowest BCUT2D eigenvalue weighted by molar-refractivity contribution is -0.133. The molecular formula is C25H34N2O3. The number of fused-ring (bicyclic) bond motifs is 1. The number of aryl methyl sites for hydroxylation is 2. The minimum absolute atomic E-state index is 0.0772. The van der Waals surface area contributed by atoms with E-state index >= 15 is 0 Å². The molecule has 2 aromatic rings. The normalized spacial score (nSPS) is 17.9. The van der Waals surface area contributed by atoms with Gasteiger partial charge in [0.1, 0.15) is 17.3 Å². The van der Waals surface area contributed by atoms with E-state index in [2.05, 4.69) is 32.7 Å². The number of pyridine rings is 1. The zero-order valence-corrected chi connectivity index (χ0v) is 19.6. The van der Waals surface area contributed by atoms with Crippen molar-refractivity contribution in [3.63, 3.8) is 0 Å². The Bertz CT molecular complexity index is 963. The summed E-state index contributed by atoms with van der Waals surface area (Å²) in [5.41, 5.74) is 5.46. The lowest BCUT2D eigenvalue weighted by atomic mass is 9.86. The van der Waals surface area contributed by atoms with Crippen molar-refractivity contribution in [2.24, 2.45) is 0 Å². The molecule has 0 saturated heterocycles. The summed E-state index contributed by atoms with van der Waals surface area (Å²) in [6, 6.07) is 3.94. The topological polar surface area (TPSA) is 51.7 Å². The number of anilines is 1. The second-order valence-electron chi connectivity index (χ2n) is 8.70. The van der Waals surface area contributed by atoms with Crippen LogP contribution in [-0.2, 0) is 11.2 Å². The molecule has 1 aromatic carbocycles. The van der Waals surface area contributed by atoms with E-state index in [-0.39, 0.29) is 5.91 Å². The van der Waals surface area contributed by atoms with Crippen LogP contribution in [0.3, 0.4) is 0 Å². The van der Waals surface area contributed by atoms with E-state index in [1.54, 1.807) is 11.9 Å². The summed E-state index contributed by atoms with van der Waals surface area (Å²) in [6.45, 7) is 14.9. The van der Waals surface area contributed by atoms with Crippen molar-refractivity contribution < 1.29 is 14.3 Å². The van der Waals surface area contributed by atoms with Gasteiger partial charge in [0, 0.05) is 24.7 Å². The van der Waals surface area contributed by atoms with Crippen molar-refractivity contribution in [1.29, 1.82) is 0 Å². The van der Waals surface area contributed by atoms with E-state index in [0.29, 0.717) is 18.8 Å². The average molecular weight is 411 g/mol. The maximum atomic E-state index is 13.5.